The molecule has 0 saturated carbocycles. The third-order valence-corrected chi connectivity index (χ3v) is 3.44. The van der Waals surface area contributed by atoms with Crippen molar-refractivity contribution in [3.05, 3.63) is 35.6 Å². The van der Waals surface area contributed by atoms with Crippen molar-refractivity contribution >= 4 is 0 Å². The molecule has 2 rings (SSSR count). The maximum absolute atomic E-state index is 12.8. The van der Waals surface area contributed by atoms with Gasteiger partial charge in [0, 0.05) is 6.54 Å². The molecule has 1 nitrogen and oxygen atoms in total. The quantitative estimate of drug-likeness (QED) is 0.753. The van der Waals surface area contributed by atoms with Gasteiger partial charge in [-0.25, -0.2) is 4.39 Å². The largest absolute Gasteiger partial charge is 0.303 e. The van der Waals surface area contributed by atoms with E-state index in [0.29, 0.717) is 5.92 Å². The Labute approximate surface area is 97.3 Å². The Hall–Kier alpha value is -0.890. The number of unbranched alkanes of at least 4 members (excludes halogenated alkanes) is 1. The molecule has 1 saturated heterocycles. The van der Waals surface area contributed by atoms with Crippen LogP contribution >= 0.6 is 0 Å². The Morgan fingerprint density at radius 2 is 2.06 bits per heavy atom. The Morgan fingerprint density at radius 3 is 2.75 bits per heavy atom. The molecule has 1 fully saturated rings. The molecule has 0 bridgehead atoms. The molecule has 1 aromatic rings. The molecule has 16 heavy (non-hydrogen) atoms. The van der Waals surface area contributed by atoms with Gasteiger partial charge in [0.15, 0.2) is 0 Å². The van der Waals surface area contributed by atoms with Gasteiger partial charge < -0.3 is 4.90 Å². The lowest BCUT2D eigenvalue weighted by Gasteiger charge is -2.15. The van der Waals surface area contributed by atoms with Crippen LogP contribution in [0.2, 0.25) is 0 Å². The van der Waals surface area contributed by atoms with Crippen molar-refractivity contribution in [1.82, 2.24) is 4.90 Å². The molecule has 1 aliphatic heterocycles. The highest BCUT2D eigenvalue weighted by molar-refractivity contribution is 5.21. The van der Waals surface area contributed by atoms with Crippen LogP contribution in [0.5, 0.6) is 0 Å². The van der Waals surface area contributed by atoms with Crippen LogP contribution in [0.15, 0.2) is 24.3 Å². The van der Waals surface area contributed by atoms with Gasteiger partial charge in [0.1, 0.15) is 5.82 Å². The molecule has 88 valence electrons. The van der Waals surface area contributed by atoms with E-state index >= 15 is 0 Å². The second-order valence-corrected chi connectivity index (χ2v) is 4.69. The van der Waals surface area contributed by atoms with Gasteiger partial charge in [-0.1, -0.05) is 25.5 Å². The Morgan fingerprint density at radius 1 is 1.31 bits per heavy atom. The normalized spacial score (nSPS) is 21.5. The average molecular weight is 221 g/mol. The molecule has 2 heteroatoms. The van der Waals surface area contributed by atoms with Gasteiger partial charge >= 0.3 is 0 Å². The summed E-state index contributed by atoms with van der Waals surface area (Å²) in [5, 5.41) is 0. The molecule has 1 aromatic carbocycles. The van der Waals surface area contributed by atoms with Crippen LogP contribution in [0.4, 0.5) is 4.39 Å². The van der Waals surface area contributed by atoms with Crippen LogP contribution in [0.25, 0.3) is 0 Å². The van der Waals surface area contributed by atoms with Crippen molar-refractivity contribution in [2.24, 2.45) is 0 Å². The van der Waals surface area contributed by atoms with Gasteiger partial charge in [0.25, 0.3) is 0 Å². The number of nitrogens with zero attached hydrogens (tertiary/aromatic N) is 1. The third kappa shape index (κ3) is 2.82. The zero-order valence-electron chi connectivity index (χ0n) is 9.95. The fourth-order valence-electron chi connectivity index (χ4n) is 2.42. The van der Waals surface area contributed by atoms with Crippen LogP contribution in [0, 0.1) is 5.82 Å². The molecule has 0 radical (unpaired) electrons. The van der Waals surface area contributed by atoms with Crippen molar-refractivity contribution in [3.63, 3.8) is 0 Å². The summed E-state index contributed by atoms with van der Waals surface area (Å²) in [5.41, 5.74) is 1.29. The smallest absolute Gasteiger partial charge is 0.123 e. The fourth-order valence-corrected chi connectivity index (χ4v) is 2.42. The SMILES string of the molecule is CCCCN1CCC(c2ccc(F)cc2)C1. The molecule has 0 spiro atoms. The van der Waals surface area contributed by atoms with E-state index in [9.17, 15) is 4.39 Å². The number of hydrogen-bond acceptors (Lipinski definition) is 1. The Kier molecular flexibility index (Phi) is 3.94. The summed E-state index contributed by atoms with van der Waals surface area (Å²) in [6.07, 6.45) is 3.77. The lowest BCUT2D eigenvalue weighted by molar-refractivity contribution is 0.328. The van der Waals surface area contributed by atoms with Crippen molar-refractivity contribution in [2.45, 2.75) is 32.1 Å². The molecule has 0 N–H and O–H groups in total. The molecule has 0 aromatic heterocycles. The molecular formula is C14H20FN. The highest BCUT2D eigenvalue weighted by Gasteiger charge is 2.22. The van der Waals surface area contributed by atoms with Gasteiger partial charge in [-0.3, -0.25) is 0 Å². The standard InChI is InChI=1S/C14H20FN/c1-2-3-9-16-10-8-13(11-16)12-4-6-14(15)7-5-12/h4-7,13H,2-3,8-11H2,1H3. The minimum Gasteiger partial charge on any atom is -0.303 e. The zero-order valence-corrected chi connectivity index (χ0v) is 9.95. The van der Waals surface area contributed by atoms with Gasteiger partial charge in [0.05, 0.1) is 0 Å². The molecule has 1 unspecified atom stereocenters. The number of rotatable bonds is 4. The summed E-state index contributed by atoms with van der Waals surface area (Å²) in [6.45, 7) is 5.79. The summed E-state index contributed by atoms with van der Waals surface area (Å²) in [6, 6.07) is 7.01. The lowest BCUT2D eigenvalue weighted by atomic mass is 9.99. The van der Waals surface area contributed by atoms with E-state index in [4.69, 9.17) is 0 Å². The average Bonchev–Trinajstić information content (AvgIpc) is 2.76. The molecular weight excluding hydrogens is 201 g/mol. The maximum Gasteiger partial charge on any atom is 0.123 e. The van der Waals surface area contributed by atoms with Crippen LogP contribution in [-0.4, -0.2) is 24.5 Å². The van der Waals surface area contributed by atoms with E-state index in [2.05, 4.69) is 11.8 Å². The molecule has 1 aliphatic rings. The second kappa shape index (κ2) is 5.44. The van der Waals surface area contributed by atoms with Gasteiger partial charge in [-0.05, 0) is 49.5 Å². The summed E-state index contributed by atoms with van der Waals surface area (Å²) < 4.78 is 12.8. The first kappa shape index (κ1) is 11.6. The fraction of sp³-hybridized carbons (Fsp3) is 0.571. The number of likely N-dealkylation sites (tertiary alicyclic amines) is 1. The van der Waals surface area contributed by atoms with E-state index in [0.717, 1.165) is 6.54 Å². The lowest BCUT2D eigenvalue weighted by Crippen LogP contribution is -2.21. The summed E-state index contributed by atoms with van der Waals surface area (Å²) >= 11 is 0. The first-order chi connectivity index (χ1) is 7.79. The van der Waals surface area contributed by atoms with Gasteiger partial charge in [-0.2, -0.15) is 0 Å². The first-order valence-corrected chi connectivity index (χ1v) is 6.27. The minimum atomic E-state index is -0.135. The van der Waals surface area contributed by atoms with Crippen molar-refractivity contribution in [2.75, 3.05) is 19.6 Å². The van der Waals surface area contributed by atoms with E-state index in [1.807, 2.05) is 12.1 Å². The van der Waals surface area contributed by atoms with Gasteiger partial charge in [-0.15, -0.1) is 0 Å². The minimum absolute atomic E-state index is 0.135. The number of benzene rings is 1. The monoisotopic (exact) mass is 221 g/mol. The molecule has 0 amide bonds. The highest BCUT2D eigenvalue weighted by Crippen LogP contribution is 2.27. The Balaban J connectivity index is 1.90. The molecule has 1 atom stereocenters. The topological polar surface area (TPSA) is 3.24 Å². The predicted octanol–water partition coefficient (Wildman–Crippen LogP) is 3.42. The van der Waals surface area contributed by atoms with E-state index in [1.54, 1.807) is 12.1 Å². The van der Waals surface area contributed by atoms with Crippen molar-refractivity contribution in [3.8, 4) is 0 Å². The first-order valence-electron chi connectivity index (χ1n) is 6.27. The third-order valence-electron chi connectivity index (χ3n) is 3.44. The van der Waals surface area contributed by atoms with Crippen molar-refractivity contribution in [1.29, 1.82) is 0 Å². The highest BCUT2D eigenvalue weighted by atomic mass is 19.1. The molecule has 0 aliphatic carbocycles. The van der Waals surface area contributed by atoms with Crippen LogP contribution in [0.1, 0.15) is 37.7 Å². The van der Waals surface area contributed by atoms with Crippen LogP contribution in [0.3, 0.4) is 0 Å². The second-order valence-electron chi connectivity index (χ2n) is 4.69. The molecule has 1 heterocycles. The van der Waals surface area contributed by atoms with Crippen LogP contribution in [-0.2, 0) is 0 Å². The van der Waals surface area contributed by atoms with E-state index in [-0.39, 0.29) is 5.82 Å². The number of halogens is 1. The van der Waals surface area contributed by atoms with Gasteiger partial charge in [0.2, 0.25) is 0 Å². The van der Waals surface area contributed by atoms with E-state index < -0.39 is 0 Å². The summed E-state index contributed by atoms with van der Waals surface area (Å²) in [5.74, 6) is 0.474. The van der Waals surface area contributed by atoms with Crippen LogP contribution < -0.4 is 0 Å². The zero-order chi connectivity index (χ0) is 11.4. The summed E-state index contributed by atoms with van der Waals surface area (Å²) in [7, 11) is 0. The predicted molar refractivity (Wildman–Crippen MR) is 65.1 cm³/mol. The number of hydrogen-bond donors (Lipinski definition) is 0. The summed E-state index contributed by atoms with van der Waals surface area (Å²) in [4.78, 5) is 2.53. The Bertz CT molecular complexity index is 320. The van der Waals surface area contributed by atoms with Crippen molar-refractivity contribution < 1.29 is 4.39 Å². The van der Waals surface area contributed by atoms with E-state index in [1.165, 1.54) is 37.9 Å². The maximum atomic E-state index is 12.8.